The second kappa shape index (κ2) is 15.3. The summed E-state index contributed by atoms with van der Waals surface area (Å²) in [5.74, 6) is 0. The number of hydrogen-bond acceptors (Lipinski definition) is 3. The Kier molecular flexibility index (Phi) is 9.49. The van der Waals surface area contributed by atoms with Crippen LogP contribution in [-0.4, -0.2) is 9.97 Å². The van der Waals surface area contributed by atoms with Gasteiger partial charge in [0.05, 0.1) is 22.4 Å². The molecule has 3 heteroatoms. The van der Waals surface area contributed by atoms with E-state index in [-0.39, 0.29) is 0 Å². The Balaban J connectivity index is 1.17. The van der Waals surface area contributed by atoms with Crippen molar-refractivity contribution in [2.75, 3.05) is 4.90 Å². The van der Waals surface area contributed by atoms with Crippen LogP contribution in [0.3, 0.4) is 0 Å². The van der Waals surface area contributed by atoms with Gasteiger partial charge in [0.25, 0.3) is 0 Å². The Labute approximate surface area is 329 Å². The van der Waals surface area contributed by atoms with Gasteiger partial charge >= 0.3 is 0 Å². The van der Waals surface area contributed by atoms with Gasteiger partial charge in [0, 0.05) is 33.8 Å². The first-order valence-electron chi connectivity index (χ1n) is 19.2. The Hall–Kier alpha value is -7.10. The number of hydrogen-bond donors (Lipinski definition) is 0. The molecule has 0 atom stereocenters. The van der Waals surface area contributed by atoms with Crippen LogP contribution in [0.15, 0.2) is 200 Å². The summed E-state index contributed by atoms with van der Waals surface area (Å²) in [5.41, 5.74) is 18.3. The molecule has 0 saturated heterocycles. The molecule has 9 rings (SSSR count). The SMILES string of the molecule is Cc1ccccc1-c1cc(N(c2ccccc2)c2ccc(-c3nc4c(-c5cccc(C6=CC=CCC=C6)c5)cccc4nc3-c3ccccc3)cc2)ccc1C. The number of para-hydroxylation sites is 2. The maximum atomic E-state index is 5.49. The molecule has 0 radical (unpaired) electrons. The monoisotopic (exact) mass is 719 g/mol. The second-order valence-corrected chi connectivity index (χ2v) is 14.3. The summed E-state index contributed by atoms with van der Waals surface area (Å²) in [7, 11) is 0. The summed E-state index contributed by atoms with van der Waals surface area (Å²) < 4.78 is 0. The lowest BCUT2D eigenvalue weighted by Crippen LogP contribution is -2.10. The van der Waals surface area contributed by atoms with Crippen LogP contribution in [0.4, 0.5) is 17.1 Å². The molecule has 0 saturated carbocycles. The number of nitrogens with zero attached hydrogens (tertiary/aromatic N) is 3. The number of aryl methyl sites for hydroxylation is 2. The summed E-state index contributed by atoms with van der Waals surface area (Å²) >= 11 is 0. The quantitative estimate of drug-likeness (QED) is 0.157. The van der Waals surface area contributed by atoms with Crippen LogP contribution >= 0.6 is 0 Å². The molecule has 0 unspecified atom stereocenters. The zero-order valence-corrected chi connectivity index (χ0v) is 31.6. The van der Waals surface area contributed by atoms with E-state index in [2.05, 4.69) is 213 Å². The van der Waals surface area contributed by atoms with Crippen molar-refractivity contribution in [3.63, 3.8) is 0 Å². The topological polar surface area (TPSA) is 29.0 Å². The molecule has 268 valence electrons. The number of allylic oxidation sites excluding steroid dienone is 6. The normalized spacial score (nSPS) is 12.4. The van der Waals surface area contributed by atoms with E-state index in [0.717, 1.165) is 68.2 Å². The number of anilines is 3. The smallest absolute Gasteiger partial charge is 0.0973 e. The number of fused-ring (bicyclic) bond motifs is 1. The van der Waals surface area contributed by atoms with Crippen LogP contribution in [0.25, 0.3) is 61.4 Å². The molecule has 0 aliphatic heterocycles. The van der Waals surface area contributed by atoms with Crippen LogP contribution in [0.1, 0.15) is 23.1 Å². The van der Waals surface area contributed by atoms with Crippen molar-refractivity contribution in [1.29, 1.82) is 0 Å². The zero-order valence-electron chi connectivity index (χ0n) is 31.6. The number of aromatic nitrogens is 2. The van der Waals surface area contributed by atoms with Crippen molar-refractivity contribution < 1.29 is 0 Å². The van der Waals surface area contributed by atoms with Crippen molar-refractivity contribution in [3.05, 3.63) is 217 Å². The predicted octanol–water partition coefficient (Wildman–Crippen LogP) is 14.3. The first-order valence-corrected chi connectivity index (χ1v) is 19.2. The third kappa shape index (κ3) is 6.87. The van der Waals surface area contributed by atoms with E-state index in [9.17, 15) is 0 Å². The van der Waals surface area contributed by atoms with Gasteiger partial charge in [-0.3, -0.25) is 0 Å². The Morgan fingerprint density at radius 1 is 0.446 bits per heavy atom. The van der Waals surface area contributed by atoms with Crippen LogP contribution in [0.2, 0.25) is 0 Å². The highest BCUT2D eigenvalue weighted by atomic mass is 15.1. The van der Waals surface area contributed by atoms with Crippen molar-refractivity contribution in [2.45, 2.75) is 20.3 Å². The molecule has 7 aromatic carbocycles. The maximum Gasteiger partial charge on any atom is 0.0973 e. The second-order valence-electron chi connectivity index (χ2n) is 14.3. The maximum absolute atomic E-state index is 5.49. The van der Waals surface area contributed by atoms with Crippen molar-refractivity contribution in [1.82, 2.24) is 9.97 Å². The van der Waals surface area contributed by atoms with Gasteiger partial charge in [0.15, 0.2) is 0 Å². The van der Waals surface area contributed by atoms with Crippen LogP contribution < -0.4 is 4.90 Å². The first-order chi connectivity index (χ1) is 27.6. The first kappa shape index (κ1) is 34.7. The van der Waals surface area contributed by atoms with E-state index < -0.39 is 0 Å². The molecular weight excluding hydrogens is 679 g/mol. The molecule has 1 aliphatic rings. The lowest BCUT2D eigenvalue weighted by molar-refractivity contribution is 1.26. The molecule has 8 aromatic rings. The zero-order chi connectivity index (χ0) is 37.8. The van der Waals surface area contributed by atoms with Gasteiger partial charge in [-0.1, -0.05) is 152 Å². The average molecular weight is 720 g/mol. The van der Waals surface area contributed by atoms with E-state index in [4.69, 9.17) is 9.97 Å². The van der Waals surface area contributed by atoms with Gasteiger partial charge in [0.2, 0.25) is 0 Å². The fourth-order valence-corrected chi connectivity index (χ4v) is 7.65. The van der Waals surface area contributed by atoms with Gasteiger partial charge in [-0.15, -0.1) is 0 Å². The van der Waals surface area contributed by atoms with Crippen molar-refractivity contribution in [2.24, 2.45) is 0 Å². The van der Waals surface area contributed by atoms with E-state index >= 15 is 0 Å². The van der Waals surface area contributed by atoms with Crippen LogP contribution in [-0.2, 0) is 0 Å². The Bertz CT molecular complexity index is 2780. The minimum Gasteiger partial charge on any atom is -0.310 e. The van der Waals surface area contributed by atoms with Gasteiger partial charge in [0.1, 0.15) is 0 Å². The summed E-state index contributed by atoms with van der Waals surface area (Å²) in [6.45, 7) is 4.37. The molecule has 0 spiro atoms. The minimum absolute atomic E-state index is 0.849. The van der Waals surface area contributed by atoms with E-state index in [1.165, 1.54) is 33.4 Å². The van der Waals surface area contributed by atoms with Crippen molar-refractivity contribution in [3.8, 4) is 44.8 Å². The average Bonchev–Trinajstić information content (AvgIpc) is 3.55. The molecule has 56 heavy (non-hydrogen) atoms. The molecule has 1 aliphatic carbocycles. The lowest BCUT2D eigenvalue weighted by Gasteiger charge is -2.27. The molecule has 0 fully saturated rings. The van der Waals surface area contributed by atoms with Gasteiger partial charge in [-0.05, 0) is 108 Å². The van der Waals surface area contributed by atoms with Crippen LogP contribution in [0, 0.1) is 13.8 Å². The highest BCUT2D eigenvalue weighted by molar-refractivity contribution is 5.96. The predicted molar refractivity (Wildman–Crippen MR) is 236 cm³/mol. The molecule has 1 heterocycles. The van der Waals surface area contributed by atoms with Gasteiger partial charge < -0.3 is 4.90 Å². The summed E-state index contributed by atoms with van der Waals surface area (Å²) in [4.78, 5) is 13.2. The molecular formula is C53H41N3. The highest BCUT2D eigenvalue weighted by Crippen LogP contribution is 2.40. The summed E-state index contributed by atoms with van der Waals surface area (Å²) in [6, 6.07) is 60.2. The number of benzene rings is 7. The van der Waals surface area contributed by atoms with Gasteiger partial charge in [-0.2, -0.15) is 0 Å². The standard InChI is InChI=1S/C53H41N3/c1-37-17-13-14-26-47(37)49-36-46(32-29-38(49)2)56(44-24-11-6-12-25-44)45-33-30-41(31-34-45)52-51(40-20-9-5-10-21-40)54-50-28-16-27-48(53(50)55-52)43-23-15-22-42(35-43)39-18-7-3-4-8-19-39/h3,5-36H,4H2,1-2H3. The summed E-state index contributed by atoms with van der Waals surface area (Å²) in [6.07, 6.45) is 11.8. The fraction of sp³-hybridized carbons (Fsp3) is 0.0566. The number of rotatable bonds is 8. The van der Waals surface area contributed by atoms with Crippen LogP contribution in [0.5, 0.6) is 0 Å². The largest absolute Gasteiger partial charge is 0.310 e. The Morgan fingerprint density at radius 3 is 1.89 bits per heavy atom. The fourth-order valence-electron chi connectivity index (χ4n) is 7.65. The van der Waals surface area contributed by atoms with Crippen molar-refractivity contribution >= 4 is 33.7 Å². The molecule has 0 bridgehead atoms. The van der Waals surface area contributed by atoms with E-state index in [1.807, 2.05) is 6.07 Å². The molecule has 0 N–H and O–H groups in total. The lowest BCUT2D eigenvalue weighted by atomic mass is 9.95. The Morgan fingerprint density at radius 2 is 1.07 bits per heavy atom. The van der Waals surface area contributed by atoms with Gasteiger partial charge in [-0.25, -0.2) is 9.97 Å². The highest BCUT2D eigenvalue weighted by Gasteiger charge is 2.19. The third-order valence-corrected chi connectivity index (χ3v) is 10.6. The molecule has 1 aromatic heterocycles. The summed E-state index contributed by atoms with van der Waals surface area (Å²) in [5, 5.41) is 0. The molecule has 3 nitrogen and oxygen atoms in total. The van der Waals surface area contributed by atoms with E-state index in [0.29, 0.717) is 0 Å². The molecule has 0 amide bonds. The minimum atomic E-state index is 0.849. The van der Waals surface area contributed by atoms with E-state index in [1.54, 1.807) is 0 Å². The third-order valence-electron chi connectivity index (χ3n) is 10.6.